The summed E-state index contributed by atoms with van der Waals surface area (Å²) < 4.78 is 4.64. The third-order valence-electron chi connectivity index (χ3n) is 4.00. The van der Waals surface area contributed by atoms with Gasteiger partial charge < -0.3 is 19.6 Å². The zero-order valence-corrected chi connectivity index (χ0v) is 13.2. The van der Waals surface area contributed by atoms with Crippen molar-refractivity contribution in [2.45, 2.75) is 18.9 Å². The first-order valence-electron chi connectivity index (χ1n) is 7.30. The molecular weight excluding hydrogens is 284 g/mol. The van der Waals surface area contributed by atoms with Crippen LogP contribution in [0, 0.1) is 0 Å². The largest absolute Gasteiger partial charge is 0.508 e. The van der Waals surface area contributed by atoms with Crippen LogP contribution in [0.2, 0.25) is 0 Å². The Hall–Kier alpha value is -2.08. The molecule has 1 aromatic rings. The van der Waals surface area contributed by atoms with Crippen LogP contribution < -0.4 is 0 Å². The monoisotopic (exact) mass is 306 g/mol. The average molecular weight is 306 g/mol. The smallest absolute Gasteiger partial charge is 0.338 e. The standard InChI is InChI=1S/C16H22N2O4/c1-17(2)13-5-4-6-18(10-13)15(20)11-7-12(16(21)22-3)9-14(19)8-11/h7-9,13,19H,4-6,10H2,1-3H3/t13-/m0/s1. The second-order valence-corrected chi connectivity index (χ2v) is 5.77. The number of hydrogen-bond donors (Lipinski definition) is 1. The Morgan fingerprint density at radius 3 is 2.59 bits per heavy atom. The Balaban J connectivity index is 2.22. The maximum Gasteiger partial charge on any atom is 0.338 e. The van der Waals surface area contributed by atoms with Crippen LogP contribution in [0.4, 0.5) is 0 Å². The Morgan fingerprint density at radius 1 is 1.27 bits per heavy atom. The fourth-order valence-electron chi connectivity index (χ4n) is 2.71. The van der Waals surface area contributed by atoms with Crippen molar-refractivity contribution < 1.29 is 19.4 Å². The highest BCUT2D eigenvalue weighted by atomic mass is 16.5. The van der Waals surface area contributed by atoms with E-state index in [1.165, 1.54) is 25.3 Å². The number of methoxy groups -OCH3 is 1. The lowest BCUT2D eigenvalue weighted by atomic mass is 10.0. The molecule has 0 spiro atoms. The third kappa shape index (κ3) is 3.57. The number of esters is 1. The number of phenolic OH excluding ortho intramolecular Hbond substituents is 1. The maximum absolute atomic E-state index is 12.6. The van der Waals surface area contributed by atoms with Gasteiger partial charge in [0.2, 0.25) is 0 Å². The number of benzene rings is 1. The SMILES string of the molecule is COC(=O)c1cc(O)cc(C(=O)N2CCC[C@H](N(C)C)C2)c1. The van der Waals surface area contributed by atoms with Crippen molar-refractivity contribution in [3.05, 3.63) is 29.3 Å². The van der Waals surface area contributed by atoms with Crippen molar-refractivity contribution in [1.82, 2.24) is 9.80 Å². The van der Waals surface area contributed by atoms with Gasteiger partial charge in [0.25, 0.3) is 5.91 Å². The fourth-order valence-corrected chi connectivity index (χ4v) is 2.71. The van der Waals surface area contributed by atoms with Crippen molar-refractivity contribution in [3.8, 4) is 5.75 Å². The summed E-state index contributed by atoms with van der Waals surface area (Å²) in [4.78, 5) is 28.1. The van der Waals surface area contributed by atoms with E-state index in [2.05, 4.69) is 9.64 Å². The fraction of sp³-hybridized carbons (Fsp3) is 0.500. The quantitative estimate of drug-likeness (QED) is 0.854. The maximum atomic E-state index is 12.6. The molecule has 1 heterocycles. The molecule has 0 aliphatic carbocycles. The van der Waals surface area contributed by atoms with Crippen molar-refractivity contribution in [2.24, 2.45) is 0 Å². The topological polar surface area (TPSA) is 70.1 Å². The molecular formula is C16H22N2O4. The first-order chi connectivity index (χ1) is 10.4. The molecule has 0 bridgehead atoms. The van der Waals surface area contributed by atoms with Gasteiger partial charge in [-0.05, 0) is 45.1 Å². The van der Waals surface area contributed by atoms with Gasteiger partial charge in [-0.15, -0.1) is 0 Å². The van der Waals surface area contributed by atoms with Crippen LogP contribution in [-0.2, 0) is 4.74 Å². The summed E-state index contributed by atoms with van der Waals surface area (Å²) in [6.45, 7) is 1.33. The van der Waals surface area contributed by atoms with Gasteiger partial charge >= 0.3 is 5.97 Å². The highest BCUT2D eigenvalue weighted by Gasteiger charge is 2.26. The molecule has 1 atom stereocenters. The number of amides is 1. The number of carbonyl (C=O) groups is 2. The molecule has 1 amide bonds. The van der Waals surface area contributed by atoms with E-state index in [1.54, 1.807) is 4.90 Å². The van der Waals surface area contributed by atoms with Crippen LogP contribution >= 0.6 is 0 Å². The van der Waals surface area contributed by atoms with Gasteiger partial charge in [0.15, 0.2) is 0 Å². The summed E-state index contributed by atoms with van der Waals surface area (Å²) in [6.07, 6.45) is 2.00. The van der Waals surface area contributed by atoms with E-state index in [4.69, 9.17) is 0 Å². The van der Waals surface area contributed by atoms with E-state index in [0.29, 0.717) is 24.7 Å². The molecule has 6 nitrogen and oxygen atoms in total. The first-order valence-corrected chi connectivity index (χ1v) is 7.30. The van der Waals surface area contributed by atoms with Gasteiger partial charge in [-0.2, -0.15) is 0 Å². The predicted molar refractivity (Wildman–Crippen MR) is 82.1 cm³/mol. The van der Waals surface area contributed by atoms with Crippen molar-refractivity contribution in [2.75, 3.05) is 34.3 Å². The number of likely N-dealkylation sites (tertiary alicyclic amines) is 1. The zero-order valence-electron chi connectivity index (χ0n) is 13.2. The average Bonchev–Trinajstić information content (AvgIpc) is 2.52. The summed E-state index contributed by atoms with van der Waals surface area (Å²) >= 11 is 0. The summed E-state index contributed by atoms with van der Waals surface area (Å²) in [7, 11) is 5.27. The van der Waals surface area contributed by atoms with E-state index in [1.807, 2.05) is 14.1 Å². The van der Waals surface area contributed by atoms with Crippen LogP contribution in [0.3, 0.4) is 0 Å². The van der Waals surface area contributed by atoms with Crippen LogP contribution in [0.15, 0.2) is 18.2 Å². The Kier molecular flexibility index (Phi) is 5.03. The second kappa shape index (κ2) is 6.79. The normalized spacial score (nSPS) is 18.4. The molecule has 0 saturated carbocycles. The Morgan fingerprint density at radius 2 is 1.95 bits per heavy atom. The molecule has 2 rings (SSSR count). The number of piperidine rings is 1. The lowest BCUT2D eigenvalue weighted by Crippen LogP contribution is -2.47. The van der Waals surface area contributed by atoms with Gasteiger partial charge in [-0.25, -0.2) is 4.79 Å². The summed E-state index contributed by atoms with van der Waals surface area (Å²) in [5, 5.41) is 9.74. The number of nitrogens with zero attached hydrogens (tertiary/aromatic N) is 2. The van der Waals surface area contributed by atoms with Crippen LogP contribution in [0.1, 0.15) is 33.6 Å². The van der Waals surface area contributed by atoms with E-state index in [0.717, 1.165) is 12.8 Å². The molecule has 1 aliphatic rings. The number of rotatable bonds is 3. The molecule has 120 valence electrons. The molecule has 1 aromatic carbocycles. The van der Waals surface area contributed by atoms with Crippen molar-refractivity contribution in [3.63, 3.8) is 0 Å². The molecule has 22 heavy (non-hydrogen) atoms. The first kappa shape index (κ1) is 16.3. The number of hydrogen-bond acceptors (Lipinski definition) is 5. The molecule has 6 heteroatoms. The van der Waals surface area contributed by atoms with Gasteiger partial charge in [0.1, 0.15) is 5.75 Å². The van der Waals surface area contributed by atoms with Gasteiger partial charge in [0, 0.05) is 24.7 Å². The van der Waals surface area contributed by atoms with Crippen LogP contribution in [-0.4, -0.2) is 67.1 Å². The molecule has 1 N–H and O–H groups in total. The number of carbonyl (C=O) groups excluding carboxylic acids is 2. The highest BCUT2D eigenvalue weighted by Crippen LogP contribution is 2.21. The summed E-state index contributed by atoms with van der Waals surface area (Å²) in [5.41, 5.74) is 0.479. The predicted octanol–water partition coefficient (Wildman–Crippen LogP) is 1.34. The molecule has 0 unspecified atom stereocenters. The van der Waals surface area contributed by atoms with E-state index in [9.17, 15) is 14.7 Å². The van der Waals surface area contributed by atoms with Crippen molar-refractivity contribution in [1.29, 1.82) is 0 Å². The number of likely N-dealkylation sites (N-methyl/N-ethyl adjacent to an activating group) is 1. The van der Waals surface area contributed by atoms with Crippen LogP contribution in [0.25, 0.3) is 0 Å². The molecule has 0 aromatic heterocycles. The summed E-state index contributed by atoms with van der Waals surface area (Å²) in [6, 6.07) is 4.47. The van der Waals surface area contributed by atoms with Crippen LogP contribution in [0.5, 0.6) is 5.75 Å². The minimum absolute atomic E-state index is 0.118. The lowest BCUT2D eigenvalue weighted by Gasteiger charge is -2.36. The number of ether oxygens (including phenoxy) is 1. The Bertz CT molecular complexity index is 571. The molecule has 0 radical (unpaired) electrons. The number of aromatic hydroxyl groups is 1. The van der Waals surface area contributed by atoms with Gasteiger partial charge in [-0.3, -0.25) is 4.79 Å². The molecule has 1 aliphatic heterocycles. The summed E-state index contributed by atoms with van der Waals surface area (Å²) in [5.74, 6) is -0.866. The zero-order chi connectivity index (χ0) is 16.3. The van der Waals surface area contributed by atoms with E-state index in [-0.39, 0.29) is 17.2 Å². The van der Waals surface area contributed by atoms with Gasteiger partial charge in [-0.1, -0.05) is 0 Å². The van der Waals surface area contributed by atoms with E-state index < -0.39 is 5.97 Å². The second-order valence-electron chi connectivity index (χ2n) is 5.77. The lowest BCUT2D eigenvalue weighted by molar-refractivity contribution is 0.0600. The molecule has 1 fully saturated rings. The Labute approximate surface area is 130 Å². The number of phenols is 1. The van der Waals surface area contributed by atoms with Gasteiger partial charge in [0.05, 0.1) is 12.7 Å². The molecule has 1 saturated heterocycles. The third-order valence-corrected chi connectivity index (χ3v) is 4.00. The minimum Gasteiger partial charge on any atom is -0.508 e. The van der Waals surface area contributed by atoms with Crippen molar-refractivity contribution >= 4 is 11.9 Å². The van der Waals surface area contributed by atoms with E-state index >= 15 is 0 Å². The highest BCUT2D eigenvalue weighted by molar-refractivity contribution is 5.98. The minimum atomic E-state index is -0.574.